The Balaban J connectivity index is 2.87. The van der Waals surface area contributed by atoms with Gasteiger partial charge in [-0.2, -0.15) is 0 Å². The highest BCUT2D eigenvalue weighted by molar-refractivity contribution is 5.72. The van der Waals surface area contributed by atoms with Crippen LogP contribution in [0.15, 0.2) is 24.3 Å². The minimum absolute atomic E-state index is 0.126. The van der Waals surface area contributed by atoms with E-state index >= 15 is 0 Å². The van der Waals surface area contributed by atoms with Crippen LogP contribution in [0.2, 0.25) is 0 Å². The summed E-state index contributed by atoms with van der Waals surface area (Å²) in [5.41, 5.74) is 0.862. The van der Waals surface area contributed by atoms with Gasteiger partial charge < -0.3 is 14.2 Å². The maximum absolute atomic E-state index is 11.3. The number of esters is 1. The molecule has 0 spiro atoms. The molecule has 0 unspecified atom stereocenters. The molecule has 0 fully saturated rings. The summed E-state index contributed by atoms with van der Waals surface area (Å²) in [6.07, 6.45) is 3.79. The fraction of sp³-hybridized carbons (Fsp3) is 0.357. The normalized spacial score (nSPS) is 10.4. The molecule has 0 aliphatic rings. The standard InChI is InChI=1S/C14H18O4/c1-4-7-11-8-6-9-12(16-3)14(11)18-10-13(15)17-5-2/h4,6-9H,5,10H2,1-3H3/b7-4-. The number of methoxy groups -OCH3 is 1. The first-order valence-corrected chi connectivity index (χ1v) is 5.81. The van der Waals surface area contributed by atoms with Crippen LogP contribution < -0.4 is 9.47 Å². The van der Waals surface area contributed by atoms with Crippen molar-refractivity contribution in [2.75, 3.05) is 20.3 Å². The molecule has 1 rings (SSSR count). The van der Waals surface area contributed by atoms with Gasteiger partial charge in [0.25, 0.3) is 0 Å². The third kappa shape index (κ3) is 3.80. The molecule has 0 saturated heterocycles. The smallest absolute Gasteiger partial charge is 0.344 e. The van der Waals surface area contributed by atoms with Gasteiger partial charge in [0.2, 0.25) is 0 Å². The molecule has 1 aromatic carbocycles. The minimum atomic E-state index is -0.394. The van der Waals surface area contributed by atoms with E-state index in [1.165, 1.54) is 0 Å². The van der Waals surface area contributed by atoms with Crippen LogP contribution in [0.4, 0.5) is 0 Å². The molecule has 0 aliphatic carbocycles. The number of carbonyl (C=O) groups excluding carboxylic acids is 1. The van der Waals surface area contributed by atoms with Crippen molar-refractivity contribution in [2.45, 2.75) is 13.8 Å². The van der Waals surface area contributed by atoms with Crippen molar-refractivity contribution in [3.63, 3.8) is 0 Å². The first-order chi connectivity index (χ1) is 8.72. The topological polar surface area (TPSA) is 44.8 Å². The van der Waals surface area contributed by atoms with Gasteiger partial charge in [-0.15, -0.1) is 0 Å². The molecular formula is C14H18O4. The summed E-state index contributed by atoms with van der Waals surface area (Å²) in [4.78, 5) is 11.3. The van der Waals surface area contributed by atoms with E-state index in [-0.39, 0.29) is 6.61 Å². The molecule has 0 aromatic heterocycles. The zero-order valence-electron chi connectivity index (χ0n) is 10.9. The molecule has 0 aliphatic heterocycles. The van der Waals surface area contributed by atoms with E-state index in [4.69, 9.17) is 14.2 Å². The van der Waals surface area contributed by atoms with Crippen LogP contribution in [0.25, 0.3) is 6.08 Å². The number of hydrogen-bond donors (Lipinski definition) is 0. The Hall–Kier alpha value is -1.97. The number of para-hydroxylation sites is 1. The van der Waals surface area contributed by atoms with E-state index in [0.717, 1.165) is 5.56 Å². The second-order valence-electron chi connectivity index (χ2n) is 3.47. The van der Waals surface area contributed by atoms with Gasteiger partial charge in [0.05, 0.1) is 13.7 Å². The number of hydrogen-bond acceptors (Lipinski definition) is 4. The Kier molecular flexibility index (Phi) is 5.77. The van der Waals surface area contributed by atoms with Crippen molar-refractivity contribution in [1.29, 1.82) is 0 Å². The van der Waals surface area contributed by atoms with Gasteiger partial charge >= 0.3 is 5.97 Å². The van der Waals surface area contributed by atoms with Crippen molar-refractivity contribution in [1.82, 2.24) is 0 Å². The van der Waals surface area contributed by atoms with Crippen LogP contribution in [0.5, 0.6) is 11.5 Å². The molecule has 18 heavy (non-hydrogen) atoms. The van der Waals surface area contributed by atoms with Crippen LogP contribution in [0.3, 0.4) is 0 Å². The summed E-state index contributed by atoms with van der Waals surface area (Å²) in [6.45, 7) is 3.88. The lowest BCUT2D eigenvalue weighted by atomic mass is 10.1. The van der Waals surface area contributed by atoms with Gasteiger partial charge in [-0.05, 0) is 19.9 Å². The highest BCUT2D eigenvalue weighted by Gasteiger charge is 2.11. The van der Waals surface area contributed by atoms with Crippen molar-refractivity contribution >= 4 is 12.0 Å². The molecule has 0 atom stereocenters. The van der Waals surface area contributed by atoms with Gasteiger partial charge in [-0.1, -0.05) is 24.3 Å². The molecule has 4 nitrogen and oxygen atoms in total. The Morgan fingerprint density at radius 1 is 1.39 bits per heavy atom. The number of benzene rings is 1. The molecule has 98 valence electrons. The van der Waals surface area contributed by atoms with Crippen molar-refractivity contribution in [2.24, 2.45) is 0 Å². The molecule has 0 N–H and O–H groups in total. The fourth-order valence-corrected chi connectivity index (χ4v) is 1.49. The summed E-state index contributed by atoms with van der Waals surface area (Å²) in [7, 11) is 1.56. The Morgan fingerprint density at radius 2 is 2.17 bits per heavy atom. The maximum atomic E-state index is 11.3. The second-order valence-corrected chi connectivity index (χ2v) is 3.47. The van der Waals surface area contributed by atoms with Crippen molar-refractivity contribution in [3.8, 4) is 11.5 Å². The van der Waals surface area contributed by atoms with Gasteiger partial charge in [0, 0.05) is 5.56 Å². The van der Waals surface area contributed by atoms with E-state index in [9.17, 15) is 4.79 Å². The average Bonchev–Trinajstić information content (AvgIpc) is 2.37. The Morgan fingerprint density at radius 3 is 2.78 bits per heavy atom. The molecule has 0 bridgehead atoms. The summed E-state index contributed by atoms with van der Waals surface area (Å²) >= 11 is 0. The molecule has 1 aromatic rings. The lowest BCUT2D eigenvalue weighted by Gasteiger charge is -2.12. The molecule has 0 amide bonds. The molecular weight excluding hydrogens is 232 g/mol. The summed E-state index contributed by atoms with van der Waals surface area (Å²) in [6, 6.07) is 5.54. The summed E-state index contributed by atoms with van der Waals surface area (Å²) in [5, 5.41) is 0. The maximum Gasteiger partial charge on any atom is 0.344 e. The van der Waals surface area contributed by atoms with E-state index in [1.54, 1.807) is 20.1 Å². The second kappa shape index (κ2) is 7.37. The lowest BCUT2D eigenvalue weighted by Crippen LogP contribution is -2.15. The quantitative estimate of drug-likeness (QED) is 0.728. The number of carbonyl (C=O) groups is 1. The van der Waals surface area contributed by atoms with E-state index < -0.39 is 5.97 Å². The molecule has 0 saturated carbocycles. The van der Waals surface area contributed by atoms with Crippen molar-refractivity contribution in [3.05, 3.63) is 29.8 Å². The fourth-order valence-electron chi connectivity index (χ4n) is 1.49. The average molecular weight is 250 g/mol. The predicted octanol–water partition coefficient (Wildman–Crippen LogP) is 2.67. The Bertz CT molecular complexity index is 424. The third-order valence-corrected chi connectivity index (χ3v) is 2.22. The highest BCUT2D eigenvalue weighted by atomic mass is 16.6. The monoisotopic (exact) mass is 250 g/mol. The summed E-state index contributed by atoms with van der Waals surface area (Å²) < 4.78 is 15.5. The van der Waals surface area contributed by atoms with Gasteiger partial charge in [0.15, 0.2) is 18.1 Å². The van der Waals surface area contributed by atoms with E-state index in [2.05, 4.69) is 0 Å². The van der Waals surface area contributed by atoms with Crippen LogP contribution in [-0.2, 0) is 9.53 Å². The van der Waals surface area contributed by atoms with Crippen LogP contribution >= 0.6 is 0 Å². The van der Waals surface area contributed by atoms with Crippen LogP contribution in [0.1, 0.15) is 19.4 Å². The van der Waals surface area contributed by atoms with E-state index in [1.807, 2.05) is 31.2 Å². The van der Waals surface area contributed by atoms with Crippen molar-refractivity contribution < 1.29 is 19.0 Å². The van der Waals surface area contributed by atoms with Crippen LogP contribution in [-0.4, -0.2) is 26.3 Å². The first kappa shape index (κ1) is 14.1. The summed E-state index contributed by atoms with van der Waals surface area (Å²) in [5.74, 6) is 0.746. The number of allylic oxidation sites excluding steroid dienone is 1. The van der Waals surface area contributed by atoms with Gasteiger partial charge in [0.1, 0.15) is 0 Å². The molecule has 4 heteroatoms. The zero-order chi connectivity index (χ0) is 13.4. The van der Waals surface area contributed by atoms with E-state index in [0.29, 0.717) is 18.1 Å². The lowest BCUT2D eigenvalue weighted by molar-refractivity contribution is -0.145. The number of rotatable bonds is 6. The third-order valence-electron chi connectivity index (χ3n) is 2.22. The van der Waals surface area contributed by atoms with Gasteiger partial charge in [-0.3, -0.25) is 0 Å². The highest BCUT2D eigenvalue weighted by Crippen LogP contribution is 2.31. The predicted molar refractivity (Wildman–Crippen MR) is 69.8 cm³/mol. The SMILES string of the molecule is C/C=C\c1cccc(OC)c1OCC(=O)OCC. The Labute approximate surface area is 107 Å². The zero-order valence-corrected chi connectivity index (χ0v) is 10.9. The number of ether oxygens (including phenoxy) is 3. The minimum Gasteiger partial charge on any atom is -0.493 e. The van der Waals surface area contributed by atoms with Gasteiger partial charge in [-0.25, -0.2) is 4.79 Å². The van der Waals surface area contributed by atoms with Crippen LogP contribution in [0, 0.1) is 0 Å². The first-order valence-electron chi connectivity index (χ1n) is 5.81. The molecule has 0 radical (unpaired) electrons. The largest absolute Gasteiger partial charge is 0.493 e. The molecule has 0 heterocycles.